The van der Waals surface area contributed by atoms with Gasteiger partial charge in [-0.05, 0) is 32.3 Å². The van der Waals surface area contributed by atoms with Crippen molar-refractivity contribution < 1.29 is 43.3 Å². The monoisotopic (exact) mass is 493 g/mol. The number of amides is 1. The first-order valence-corrected chi connectivity index (χ1v) is 11.4. The Labute approximate surface area is 202 Å². The Kier molecular flexibility index (Phi) is 9.01. The van der Waals surface area contributed by atoms with Crippen molar-refractivity contribution in [1.29, 1.82) is 0 Å². The lowest BCUT2D eigenvalue weighted by atomic mass is 9.88. The first kappa shape index (κ1) is 26.4. The predicted octanol–water partition coefficient (Wildman–Crippen LogP) is 0.969. The summed E-state index contributed by atoms with van der Waals surface area (Å²) in [4.78, 5) is 47.6. The maximum absolute atomic E-state index is 12.7. The van der Waals surface area contributed by atoms with Crippen LogP contribution >= 0.6 is 0 Å². The molecule has 12 nitrogen and oxygen atoms in total. The standard InChI is InChI=1S/C23H31N3O9/c1-3-31-18(28)12-23(20(29)32-4-2)24-19(26-35-23)22(11-10-17(13-27)34-15-22)25-21(30)33-14-16-8-6-5-7-9-16/h5-9,17,27H,3-4,10-15H2,1-2H3,(H,24,26)(H,25,30)/t17-,22-,23?/m0/s1. The van der Waals surface area contributed by atoms with Crippen LogP contribution in [-0.4, -0.2) is 72.8 Å². The number of ether oxygens (including phenoxy) is 4. The molecule has 0 saturated carbocycles. The molecule has 0 aromatic heterocycles. The van der Waals surface area contributed by atoms with Gasteiger partial charge in [-0.25, -0.2) is 24.9 Å². The number of hydroxylamine groups is 1. The van der Waals surface area contributed by atoms with Crippen LogP contribution in [0.5, 0.6) is 0 Å². The highest BCUT2D eigenvalue weighted by atomic mass is 16.7. The molecule has 1 amide bonds. The van der Waals surface area contributed by atoms with Crippen molar-refractivity contribution in [3.63, 3.8) is 0 Å². The van der Waals surface area contributed by atoms with Gasteiger partial charge >= 0.3 is 18.0 Å². The third kappa shape index (κ3) is 6.47. The number of hydrogen-bond acceptors (Lipinski definition) is 11. The highest BCUT2D eigenvalue weighted by Crippen LogP contribution is 2.32. The van der Waals surface area contributed by atoms with Crippen LogP contribution in [0.3, 0.4) is 0 Å². The van der Waals surface area contributed by atoms with Crippen molar-refractivity contribution in [2.24, 2.45) is 4.99 Å². The topological polar surface area (TPSA) is 154 Å². The van der Waals surface area contributed by atoms with Gasteiger partial charge in [0.05, 0.1) is 32.5 Å². The molecule has 0 aliphatic carbocycles. The molecular formula is C23H31N3O9. The van der Waals surface area contributed by atoms with Crippen molar-refractivity contribution in [1.82, 2.24) is 10.8 Å². The van der Waals surface area contributed by atoms with E-state index < -0.39 is 41.8 Å². The summed E-state index contributed by atoms with van der Waals surface area (Å²) >= 11 is 0. The molecule has 12 heteroatoms. The van der Waals surface area contributed by atoms with E-state index >= 15 is 0 Å². The van der Waals surface area contributed by atoms with Crippen LogP contribution in [0, 0.1) is 0 Å². The number of benzene rings is 1. The molecule has 3 rings (SSSR count). The summed E-state index contributed by atoms with van der Waals surface area (Å²) in [5.41, 5.74) is 0.0748. The van der Waals surface area contributed by atoms with Crippen molar-refractivity contribution in [2.75, 3.05) is 26.4 Å². The second-order valence-corrected chi connectivity index (χ2v) is 8.07. The van der Waals surface area contributed by atoms with Gasteiger partial charge in [0.15, 0.2) is 5.84 Å². The second-order valence-electron chi connectivity index (χ2n) is 8.07. The first-order chi connectivity index (χ1) is 16.9. The number of carbonyl (C=O) groups is 3. The summed E-state index contributed by atoms with van der Waals surface area (Å²) in [5, 5.41) is 12.2. The fourth-order valence-electron chi connectivity index (χ4n) is 3.72. The third-order valence-corrected chi connectivity index (χ3v) is 5.56. The Morgan fingerprint density at radius 2 is 1.91 bits per heavy atom. The lowest BCUT2D eigenvalue weighted by Crippen LogP contribution is -2.63. The highest BCUT2D eigenvalue weighted by molar-refractivity contribution is 5.99. The van der Waals surface area contributed by atoms with Gasteiger partial charge in [0.1, 0.15) is 18.6 Å². The number of esters is 2. The third-order valence-electron chi connectivity index (χ3n) is 5.56. The van der Waals surface area contributed by atoms with Crippen LogP contribution in [0.1, 0.15) is 38.7 Å². The first-order valence-electron chi connectivity index (χ1n) is 11.4. The lowest BCUT2D eigenvalue weighted by Gasteiger charge is -2.39. The number of aliphatic hydroxyl groups is 1. The Bertz CT molecular complexity index is 916. The number of nitrogens with zero attached hydrogens (tertiary/aromatic N) is 1. The van der Waals surface area contributed by atoms with Gasteiger partial charge in [0.2, 0.25) is 0 Å². The largest absolute Gasteiger partial charge is 0.466 e. The molecule has 0 bridgehead atoms. The van der Waals surface area contributed by atoms with E-state index in [0.717, 1.165) is 5.56 Å². The summed E-state index contributed by atoms with van der Waals surface area (Å²) in [5.74, 6) is -1.54. The molecule has 0 radical (unpaired) electrons. The van der Waals surface area contributed by atoms with Gasteiger partial charge in [-0.1, -0.05) is 30.3 Å². The SMILES string of the molecule is CCOC(=O)CC1(C(=O)OCC)N=C([C@]2(NC(=O)OCc3ccccc3)CC[C@@H](CO)OC2)NO1. The Hall–Kier alpha value is -3.22. The summed E-state index contributed by atoms with van der Waals surface area (Å²) in [7, 11) is 0. The molecular weight excluding hydrogens is 462 g/mol. The Morgan fingerprint density at radius 1 is 1.17 bits per heavy atom. The van der Waals surface area contributed by atoms with Crippen molar-refractivity contribution in [3.8, 4) is 0 Å². The lowest BCUT2D eigenvalue weighted by molar-refractivity contribution is -0.180. The predicted molar refractivity (Wildman–Crippen MR) is 121 cm³/mol. The quantitative estimate of drug-likeness (QED) is 0.317. The van der Waals surface area contributed by atoms with Crippen LogP contribution in [-0.2, 0) is 40.0 Å². The van der Waals surface area contributed by atoms with Gasteiger partial charge in [0.25, 0.3) is 5.72 Å². The molecule has 35 heavy (non-hydrogen) atoms. The molecule has 0 spiro atoms. The van der Waals surface area contributed by atoms with Crippen molar-refractivity contribution in [3.05, 3.63) is 35.9 Å². The second kappa shape index (κ2) is 12.0. The van der Waals surface area contributed by atoms with Gasteiger partial charge < -0.3 is 29.4 Å². The summed E-state index contributed by atoms with van der Waals surface area (Å²) in [6, 6.07) is 9.14. The zero-order chi connectivity index (χ0) is 25.3. The van der Waals surface area contributed by atoms with Gasteiger partial charge in [-0.3, -0.25) is 4.79 Å². The van der Waals surface area contributed by atoms with Crippen LogP contribution in [0.25, 0.3) is 0 Å². The summed E-state index contributed by atoms with van der Waals surface area (Å²) in [6.07, 6.45) is -1.05. The maximum atomic E-state index is 12.7. The summed E-state index contributed by atoms with van der Waals surface area (Å²) < 4.78 is 21.1. The number of carbonyl (C=O) groups excluding carboxylic acids is 3. The molecule has 192 valence electrons. The average molecular weight is 494 g/mol. The van der Waals surface area contributed by atoms with Gasteiger partial charge in [-0.15, -0.1) is 0 Å². The van der Waals surface area contributed by atoms with Crippen molar-refractivity contribution >= 4 is 23.9 Å². The molecule has 2 aliphatic heterocycles. The van der Waals surface area contributed by atoms with Gasteiger partial charge in [0, 0.05) is 0 Å². The molecule has 1 aromatic carbocycles. The molecule has 3 N–H and O–H groups in total. The number of rotatable bonds is 10. The molecule has 1 saturated heterocycles. The average Bonchev–Trinajstić information content (AvgIpc) is 3.30. The number of aliphatic hydroxyl groups excluding tert-OH is 1. The zero-order valence-electron chi connectivity index (χ0n) is 19.8. The van der Waals surface area contributed by atoms with Crippen LogP contribution < -0.4 is 10.8 Å². The molecule has 1 aromatic rings. The Morgan fingerprint density at radius 3 is 2.54 bits per heavy atom. The van der Waals surface area contributed by atoms with Gasteiger partial charge in [-0.2, -0.15) is 0 Å². The maximum Gasteiger partial charge on any atom is 0.408 e. The zero-order valence-corrected chi connectivity index (χ0v) is 19.8. The van der Waals surface area contributed by atoms with E-state index in [0.29, 0.717) is 6.42 Å². The number of hydrogen-bond donors (Lipinski definition) is 3. The molecule has 2 heterocycles. The minimum Gasteiger partial charge on any atom is -0.466 e. The van der Waals surface area contributed by atoms with Crippen LogP contribution in [0.4, 0.5) is 4.79 Å². The summed E-state index contributed by atoms with van der Waals surface area (Å²) in [6.45, 7) is 3.14. The van der Waals surface area contributed by atoms with E-state index in [1.54, 1.807) is 13.8 Å². The minimum absolute atomic E-state index is 0.0358. The molecule has 1 fully saturated rings. The Balaban J connectivity index is 1.84. The van der Waals surface area contributed by atoms with E-state index in [1.807, 2.05) is 30.3 Å². The van der Waals surface area contributed by atoms with Crippen molar-refractivity contribution in [2.45, 2.75) is 57.1 Å². The van der Waals surface area contributed by atoms with E-state index in [-0.39, 0.29) is 45.3 Å². The van der Waals surface area contributed by atoms with E-state index in [4.69, 9.17) is 23.8 Å². The normalized spacial score (nSPS) is 25.7. The van der Waals surface area contributed by atoms with Crippen LogP contribution in [0.15, 0.2) is 35.3 Å². The fraction of sp³-hybridized carbons (Fsp3) is 0.565. The molecule has 1 unspecified atom stereocenters. The molecule has 3 atom stereocenters. The minimum atomic E-state index is -2.03. The number of aliphatic imine (C=N–C) groups is 1. The number of alkyl carbamates (subject to hydrolysis) is 1. The highest BCUT2D eigenvalue weighted by Gasteiger charge is 2.54. The number of nitrogens with one attached hydrogen (secondary N) is 2. The number of amidine groups is 1. The van der Waals surface area contributed by atoms with E-state index in [2.05, 4.69) is 15.8 Å². The smallest absolute Gasteiger partial charge is 0.408 e. The van der Waals surface area contributed by atoms with E-state index in [1.165, 1.54) is 0 Å². The molecule has 2 aliphatic rings. The fourth-order valence-corrected chi connectivity index (χ4v) is 3.72. The van der Waals surface area contributed by atoms with E-state index in [9.17, 15) is 19.5 Å². The van der Waals surface area contributed by atoms with Crippen LogP contribution in [0.2, 0.25) is 0 Å².